The monoisotopic (exact) mass is 833 g/mol. The normalized spacial score (nSPS) is 25.6. The van der Waals surface area contributed by atoms with Gasteiger partial charge in [-0.05, 0) is 91.3 Å². The number of fused-ring (bicyclic) bond motifs is 3. The van der Waals surface area contributed by atoms with Gasteiger partial charge in [-0.1, -0.05) is 25.0 Å². The van der Waals surface area contributed by atoms with E-state index in [2.05, 4.69) is 20.5 Å². The molecule has 4 aliphatic rings. The summed E-state index contributed by atoms with van der Waals surface area (Å²) in [4.78, 5) is 63.1. The van der Waals surface area contributed by atoms with E-state index in [4.69, 9.17) is 19.2 Å². The second-order valence-corrected chi connectivity index (χ2v) is 19.1. The number of allylic oxidation sites excluding steroid dienone is 1. The van der Waals surface area contributed by atoms with E-state index < -0.39 is 68.0 Å². The second kappa shape index (κ2) is 16.1. The summed E-state index contributed by atoms with van der Waals surface area (Å²) in [6, 6.07) is 4.84. The van der Waals surface area contributed by atoms with E-state index in [-0.39, 0.29) is 31.2 Å². The van der Waals surface area contributed by atoms with Gasteiger partial charge in [0, 0.05) is 42.1 Å². The molecule has 3 aromatic rings. The molecule has 2 aliphatic carbocycles. The number of benzene rings is 1. The van der Waals surface area contributed by atoms with Crippen molar-refractivity contribution in [2.75, 3.05) is 13.7 Å². The number of carbonyl (C=O) groups is 4. The Bertz CT molecular complexity index is 2280. The quantitative estimate of drug-likeness (QED) is 0.250. The zero-order chi connectivity index (χ0) is 42.4. The molecule has 2 aromatic heterocycles. The van der Waals surface area contributed by atoms with Crippen LogP contribution in [0, 0.1) is 19.8 Å². The van der Waals surface area contributed by atoms with Gasteiger partial charge < -0.3 is 29.7 Å². The summed E-state index contributed by atoms with van der Waals surface area (Å²) in [7, 11) is -0.705. The van der Waals surface area contributed by atoms with Crippen molar-refractivity contribution in [2.24, 2.45) is 13.0 Å². The molecular weight excluding hydrogens is 779 g/mol. The molecule has 5 atom stereocenters. The third-order valence-corrected chi connectivity index (χ3v) is 14.3. The Morgan fingerprint density at radius 3 is 2.51 bits per heavy atom. The minimum Gasteiger partial charge on any atom is -0.496 e. The van der Waals surface area contributed by atoms with Crippen LogP contribution in [0.2, 0.25) is 0 Å². The second-order valence-electron chi connectivity index (χ2n) is 16.9. The molecule has 1 saturated heterocycles. The fraction of sp³-hybridized carbons (Fsp3) is 0.571. The molecule has 1 aromatic carbocycles. The topological polar surface area (TPSA) is 200 Å². The van der Waals surface area contributed by atoms with Gasteiger partial charge in [0.2, 0.25) is 27.7 Å². The molecule has 4 amide bonds. The number of carbonyl (C=O) groups excluding carboxylic acids is 4. The molecule has 4 heterocycles. The predicted molar refractivity (Wildman–Crippen MR) is 218 cm³/mol. The molecule has 3 N–H and O–H groups in total. The molecule has 17 heteroatoms. The van der Waals surface area contributed by atoms with Crippen LogP contribution in [0.25, 0.3) is 10.9 Å². The van der Waals surface area contributed by atoms with Crippen LogP contribution in [0.1, 0.15) is 100 Å². The molecule has 0 bridgehead atoms. The van der Waals surface area contributed by atoms with Gasteiger partial charge in [0.1, 0.15) is 40.9 Å². The van der Waals surface area contributed by atoms with Crippen molar-refractivity contribution in [1.29, 1.82) is 0 Å². The third-order valence-electron chi connectivity index (χ3n) is 12.1. The van der Waals surface area contributed by atoms with Gasteiger partial charge >= 0.3 is 0 Å². The molecule has 59 heavy (non-hydrogen) atoms. The first-order valence-electron chi connectivity index (χ1n) is 20.4. The van der Waals surface area contributed by atoms with E-state index in [0.717, 1.165) is 24.1 Å². The lowest BCUT2D eigenvalue weighted by atomic mass is 10.0. The molecular formula is C42H55N7O9S. The molecule has 3 fully saturated rings. The Morgan fingerprint density at radius 2 is 1.83 bits per heavy atom. The number of ether oxygens (including phenoxy) is 3. The zero-order valence-electron chi connectivity index (χ0n) is 34.8. The van der Waals surface area contributed by atoms with E-state index in [1.54, 1.807) is 37.9 Å². The van der Waals surface area contributed by atoms with Crippen LogP contribution in [-0.4, -0.2) is 99.9 Å². The first-order valence-corrected chi connectivity index (χ1v) is 21.9. The van der Waals surface area contributed by atoms with Crippen molar-refractivity contribution >= 4 is 44.6 Å². The highest BCUT2D eigenvalue weighted by Gasteiger charge is 2.63. The van der Waals surface area contributed by atoms with Crippen molar-refractivity contribution < 1.29 is 41.8 Å². The largest absolute Gasteiger partial charge is 0.496 e. The lowest BCUT2D eigenvalue weighted by molar-refractivity contribution is -0.141. The maximum atomic E-state index is 14.8. The average molecular weight is 834 g/mol. The van der Waals surface area contributed by atoms with Crippen LogP contribution in [0.5, 0.6) is 17.4 Å². The van der Waals surface area contributed by atoms with Gasteiger partial charge in [0.25, 0.3) is 11.8 Å². The third kappa shape index (κ3) is 8.48. The van der Waals surface area contributed by atoms with Crippen molar-refractivity contribution in [3.05, 3.63) is 53.4 Å². The summed E-state index contributed by atoms with van der Waals surface area (Å²) < 4.78 is 47.6. The number of aromatic nitrogens is 3. The Balaban J connectivity index is 1.24. The predicted octanol–water partition coefficient (Wildman–Crippen LogP) is 3.92. The summed E-state index contributed by atoms with van der Waals surface area (Å²) in [5, 5.41) is 10.8. The Hall–Kier alpha value is -5.19. The van der Waals surface area contributed by atoms with E-state index in [9.17, 15) is 27.6 Å². The highest BCUT2D eigenvalue weighted by Crippen LogP contribution is 2.47. The molecule has 16 nitrogen and oxygen atoms in total. The van der Waals surface area contributed by atoms with Gasteiger partial charge in [-0.2, -0.15) is 5.10 Å². The summed E-state index contributed by atoms with van der Waals surface area (Å²) in [6.45, 7) is 9.04. The number of rotatable bonds is 10. The number of amides is 4. The number of pyridine rings is 1. The van der Waals surface area contributed by atoms with Crippen LogP contribution in [-0.2, 0) is 31.5 Å². The van der Waals surface area contributed by atoms with Gasteiger partial charge in [-0.25, -0.2) is 13.4 Å². The van der Waals surface area contributed by atoms with Crippen molar-refractivity contribution in [3.63, 3.8) is 0 Å². The SMILES string of the molecule is COc1ccc2c(OC3CC4C(=O)NC5(C(=O)NS(=O)(=O)C6(C)CC6)CC5C=CCCCCCC(NC(=O)c5cc(C)n(C)n5)C(=O)N4C3)cc(OC(C)C)nc2c1C. The maximum absolute atomic E-state index is 14.8. The Kier molecular flexibility index (Phi) is 11.5. The summed E-state index contributed by atoms with van der Waals surface area (Å²) in [5.74, 6) is -1.50. The highest BCUT2D eigenvalue weighted by molar-refractivity contribution is 7.91. The number of hydrogen-bond donors (Lipinski definition) is 3. The number of nitrogens with zero attached hydrogens (tertiary/aromatic N) is 4. The molecule has 318 valence electrons. The molecule has 2 saturated carbocycles. The average Bonchev–Trinajstić information content (AvgIpc) is 4.01. The number of aryl methyl sites for hydroxylation is 3. The minimum absolute atomic E-state index is 0.0272. The van der Waals surface area contributed by atoms with E-state index >= 15 is 0 Å². The summed E-state index contributed by atoms with van der Waals surface area (Å²) in [5.41, 5.74) is 0.763. The van der Waals surface area contributed by atoms with Crippen LogP contribution in [0.4, 0.5) is 0 Å². The van der Waals surface area contributed by atoms with Crippen LogP contribution in [0.15, 0.2) is 36.4 Å². The Labute approximate surface area is 344 Å². The summed E-state index contributed by atoms with van der Waals surface area (Å²) in [6.07, 6.45) is 7.16. The highest BCUT2D eigenvalue weighted by atomic mass is 32.2. The molecule has 0 radical (unpaired) electrons. The van der Waals surface area contributed by atoms with Crippen LogP contribution < -0.4 is 29.6 Å². The number of hydrogen-bond acceptors (Lipinski definition) is 11. The van der Waals surface area contributed by atoms with Gasteiger partial charge in [0.15, 0.2) is 0 Å². The number of nitrogens with one attached hydrogen (secondary N) is 3. The zero-order valence-corrected chi connectivity index (χ0v) is 35.6. The van der Waals surface area contributed by atoms with Crippen molar-refractivity contribution in [2.45, 2.75) is 127 Å². The van der Waals surface area contributed by atoms with Crippen LogP contribution >= 0.6 is 0 Å². The van der Waals surface area contributed by atoms with E-state index in [0.29, 0.717) is 60.4 Å². The fourth-order valence-electron chi connectivity index (χ4n) is 8.01. The summed E-state index contributed by atoms with van der Waals surface area (Å²) >= 11 is 0. The van der Waals surface area contributed by atoms with Gasteiger partial charge in [-0.3, -0.25) is 28.6 Å². The smallest absolute Gasteiger partial charge is 0.272 e. The first kappa shape index (κ1) is 42.0. The standard InChI is InChI=1S/C42H55N7O9S/c1-24(2)57-35-21-34(29-15-16-33(56-7)26(4)36(29)44-35)58-28-20-32-38(51)45-42(40(53)47-59(54,55)41(5)17-18-41)22-27(42)13-11-9-8-10-12-14-30(39(52)49(32)23-28)43-37(50)31-19-25(3)48(6)46-31/h11,13,15-16,19,21,24,27-28,30,32H,8-10,12,14,17-18,20,22-23H2,1-7H3,(H,43,50)(H,45,51)(H,47,53). The van der Waals surface area contributed by atoms with Crippen molar-refractivity contribution in [1.82, 2.24) is 35.0 Å². The van der Waals surface area contributed by atoms with Crippen molar-refractivity contribution in [3.8, 4) is 17.4 Å². The number of sulfonamides is 1. The van der Waals surface area contributed by atoms with Crippen LogP contribution in [0.3, 0.4) is 0 Å². The van der Waals surface area contributed by atoms with Gasteiger partial charge in [0.05, 0.1) is 30.0 Å². The molecule has 0 spiro atoms. The lowest BCUT2D eigenvalue weighted by Gasteiger charge is -2.30. The Morgan fingerprint density at radius 1 is 1.07 bits per heavy atom. The molecule has 7 rings (SSSR count). The van der Waals surface area contributed by atoms with E-state index in [1.807, 2.05) is 52.0 Å². The van der Waals surface area contributed by atoms with Gasteiger partial charge in [-0.15, -0.1) is 0 Å². The van der Waals surface area contributed by atoms with E-state index in [1.165, 1.54) is 4.90 Å². The molecule has 5 unspecified atom stereocenters. The number of methoxy groups -OCH3 is 1. The lowest BCUT2D eigenvalue weighted by Crippen LogP contribution is -2.58. The first-order chi connectivity index (χ1) is 27.9. The fourth-order valence-corrected chi connectivity index (χ4v) is 9.32. The maximum Gasteiger partial charge on any atom is 0.272 e. The molecule has 2 aliphatic heterocycles. The minimum atomic E-state index is -4.01.